The summed E-state index contributed by atoms with van der Waals surface area (Å²) in [6.07, 6.45) is 1.70. The van der Waals surface area contributed by atoms with Crippen LogP contribution in [0.3, 0.4) is 0 Å². The molecule has 5 rings (SSSR count). The van der Waals surface area contributed by atoms with E-state index in [9.17, 15) is 14.4 Å². The molecule has 0 bridgehead atoms. The van der Waals surface area contributed by atoms with Gasteiger partial charge in [-0.15, -0.1) is 0 Å². The first-order chi connectivity index (χ1) is 15.5. The van der Waals surface area contributed by atoms with E-state index < -0.39 is 6.04 Å². The number of piperidine rings is 1. The maximum Gasteiger partial charge on any atom is 0.255 e. The molecule has 2 atom stereocenters. The summed E-state index contributed by atoms with van der Waals surface area (Å²) in [5.41, 5.74) is 6.75. The van der Waals surface area contributed by atoms with Crippen LogP contribution in [0.25, 0.3) is 0 Å². The number of carbonyl (C=O) groups excluding carboxylic acids is 3. The molecule has 3 heterocycles. The van der Waals surface area contributed by atoms with E-state index in [4.69, 9.17) is 0 Å². The van der Waals surface area contributed by atoms with Crippen molar-refractivity contribution < 1.29 is 14.4 Å². The summed E-state index contributed by atoms with van der Waals surface area (Å²) in [5.74, 6) is -0.779. The molecule has 2 aromatic carbocycles. The van der Waals surface area contributed by atoms with E-state index >= 15 is 0 Å². The lowest BCUT2D eigenvalue weighted by Gasteiger charge is -2.29. The van der Waals surface area contributed by atoms with E-state index in [0.717, 1.165) is 30.6 Å². The molecular weight excluding hydrogens is 404 g/mol. The van der Waals surface area contributed by atoms with Crippen molar-refractivity contribution in [2.75, 3.05) is 6.54 Å². The van der Waals surface area contributed by atoms with Gasteiger partial charge in [-0.1, -0.05) is 30.3 Å². The summed E-state index contributed by atoms with van der Waals surface area (Å²) in [6.45, 7) is 5.15. The summed E-state index contributed by atoms with van der Waals surface area (Å²) in [4.78, 5) is 38.4. The van der Waals surface area contributed by atoms with Gasteiger partial charge in [0.2, 0.25) is 11.8 Å². The Kier molecular flexibility index (Phi) is 5.53. The van der Waals surface area contributed by atoms with Crippen LogP contribution in [0, 0.1) is 0 Å². The molecule has 7 heteroatoms. The van der Waals surface area contributed by atoms with Crippen molar-refractivity contribution >= 4 is 17.7 Å². The molecule has 0 radical (unpaired) electrons. The monoisotopic (exact) mass is 432 g/mol. The second-order valence-electron chi connectivity index (χ2n) is 8.90. The van der Waals surface area contributed by atoms with Crippen LogP contribution >= 0.6 is 0 Å². The third-order valence-electron chi connectivity index (χ3n) is 6.89. The minimum Gasteiger partial charge on any atom is -0.322 e. The first kappa shape index (κ1) is 20.8. The minimum atomic E-state index is -0.586. The average Bonchev–Trinajstić information content (AvgIpc) is 3.14. The van der Waals surface area contributed by atoms with Crippen LogP contribution in [0.15, 0.2) is 36.4 Å². The van der Waals surface area contributed by atoms with E-state index in [0.29, 0.717) is 25.1 Å². The highest BCUT2D eigenvalue weighted by molar-refractivity contribution is 6.05. The summed E-state index contributed by atoms with van der Waals surface area (Å²) < 4.78 is 0. The Hall–Kier alpha value is -3.03. The van der Waals surface area contributed by atoms with Gasteiger partial charge in [-0.25, -0.2) is 0 Å². The van der Waals surface area contributed by atoms with E-state index in [-0.39, 0.29) is 30.2 Å². The van der Waals surface area contributed by atoms with Gasteiger partial charge >= 0.3 is 0 Å². The Morgan fingerprint density at radius 3 is 2.84 bits per heavy atom. The molecule has 3 aliphatic rings. The number of imide groups is 1. The van der Waals surface area contributed by atoms with Crippen LogP contribution in [0.1, 0.15) is 64.0 Å². The molecule has 7 nitrogen and oxygen atoms in total. The van der Waals surface area contributed by atoms with Crippen LogP contribution in [-0.4, -0.2) is 35.2 Å². The number of amides is 3. The third kappa shape index (κ3) is 3.82. The number of nitrogens with one attached hydrogen (secondary N) is 3. The van der Waals surface area contributed by atoms with Crippen LogP contribution in [0.4, 0.5) is 0 Å². The van der Waals surface area contributed by atoms with Gasteiger partial charge in [-0.2, -0.15) is 0 Å². The van der Waals surface area contributed by atoms with Gasteiger partial charge < -0.3 is 15.5 Å². The average molecular weight is 433 g/mol. The van der Waals surface area contributed by atoms with Crippen molar-refractivity contribution in [2.45, 2.75) is 57.9 Å². The predicted molar refractivity (Wildman–Crippen MR) is 120 cm³/mol. The largest absolute Gasteiger partial charge is 0.322 e. The molecule has 1 saturated heterocycles. The highest BCUT2D eigenvalue weighted by atomic mass is 16.2. The number of benzene rings is 2. The fraction of sp³-hybridized carbons (Fsp3) is 0.400. The number of nitrogens with zero attached hydrogens (tertiary/aromatic N) is 1. The lowest BCUT2D eigenvalue weighted by Crippen LogP contribution is -2.52. The Morgan fingerprint density at radius 1 is 1.12 bits per heavy atom. The number of fused-ring (bicyclic) bond motifs is 2. The van der Waals surface area contributed by atoms with Gasteiger partial charge in [-0.3, -0.25) is 19.7 Å². The smallest absolute Gasteiger partial charge is 0.255 e. The molecule has 0 spiro atoms. The molecular formula is C25H28N4O3. The Balaban J connectivity index is 1.30. The van der Waals surface area contributed by atoms with Crippen molar-refractivity contribution in [1.82, 2.24) is 20.9 Å². The maximum absolute atomic E-state index is 13.0. The number of hydrogen-bond donors (Lipinski definition) is 3. The van der Waals surface area contributed by atoms with Crippen LogP contribution in [0.5, 0.6) is 0 Å². The first-order valence-corrected chi connectivity index (χ1v) is 11.3. The van der Waals surface area contributed by atoms with Gasteiger partial charge in [0.25, 0.3) is 5.91 Å². The SMILES string of the molecule is CC(NCc1cccc2c1CN(C1CCC(=O)NC1=O)C2=O)c1ccc2c(c1)CCNC2. The summed E-state index contributed by atoms with van der Waals surface area (Å²) in [7, 11) is 0. The molecule has 0 aromatic heterocycles. The fourth-order valence-electron chi connectivity index (χ4n) is 4.96. The Labute approximate surface area is 187 Å². The number of rotatable bonds is 5. The van der Waals surface area contributed by atoms with E-state index in [1.165, 1.54) is 16.7 Å². The standard InChI is InChI=1S/C25H28N4O3/c1-15(16-5-6-18-12-26-10-9-17(18)11-16)27-13-19-3-2-4-20-21(19)14-29(25(20)32)22-7-8-23(30)28-24(22)31/h2-6,11,15,22,26-27H,7-10,12-14H2,1H3,(H,28,30,31). The molecule has 0 saturated carbocycles. The summed E-state index contributed by atoms with van der Waals surface area (Å²) in [6, 6.07) is 12.1. The second kappa shape index (κ2) is 8.48. The zero-order valence-electron chi connectivity index (χ0n) is 18.2. The quantitative estimate of drug-likeness (QED) is 0.629. The lowest BCUT2D eigenvalue weighted by atomic mass is 9.96. The van der Waals surface area contributed by atoms with E-state index in [1.807, 2.05) is 18.2 Å². The molecule has 32 heavy (non-hydrogen) atoms. The summed E-state index contributed by atoms with van der Waals surface area (Å²) >= 11 is 0. The molecule has 2 aromatic rings. The molecule has 0 aliphatic carbocycles. The van der Waals surface area contributed by atoms with Crippen molar-refractivity contribution in [3.63, 3.8) is 0 Å². The molecule has 1 fully saturated rings. The fourth-order valence-corrected chi connectivity index (χ4v) is 4.96. The van der Waals surface area contributed by atoms with E-state index in [1.54, 1.807) is 4.90 Å². The highest BCUT2D eigenvalue weighted by Gasteiger charge is 2.39. The highest BCUT2D eigenvalue weighted by Crippen LogP contribution is 2.30. The number of carbonyl (C=O) groups is 3. The van der Waals surface area contributed by atoms with Crippen molar-refractivity contribution in [3.05, 3.63) is 69.8 Å². The first-order valence-electron chi connectivity index (χ1n) is 11.3. The maximum atomic E-state index is 13.0. The molecule has 3 aliphatic heterocycles. The summed E-state index contributed by atoms with van der Waals surface area (Å²) in [5, 5.41) is 9.37. The lowest BCUT2D eigenvalue weighted by molar-refractivity contribution is -0.136. The minimum absolute atomic E-state index is 0.132. The van der Waals surface area contributed by atoms with Gasteiger partial charge in [0.05, 0.1) is 0 Å². The normalized spacial score (nSPS) is 21.2. The molecule has 3 amide bonds. The molecule has 3 N–H and O–H groups in total. The molecule has 2 unspecified atom stereocenters. The topological polar surface area (TPSA) is 90.5 Å². The van der Waals surface area contributed by atoms with Crippen LogP contribution < -0.4 is 16.0 Å². The van der Waals surface area contributed by atoms with Gasteiger partial charge in [0.15, 0.2) is 0 Å². The van der Waals surface area contributed by atoms with Crippen molar-refractivity contribution in [2.24, 2.45) is 0 Å². The van der Waals surface area contributed by atoms with Gasteiger partial charge in [0, 0.05) is 37.7 Å². The zero-order valence-corrected chi connectivity index (χ0v) is 18.2. The zero-order chi connectivity index (χ0) is 22.2. The third-order valence-corrected chi connectivity index (χ3v) is 6.89. The van der Waals surface area contributed by atoms with Crippen molar-refractivity contribution in [3.8, 4) is 0 Å². The van der Waals surface area contributed by atoms with Crippen LogP contribution in [0.2, 0.25) is 0 Å². The van der Waals surface area contributed by atoms with Crippen molar-refractivity contribution in [1.29, 1.82) is 0 Å². The van der Waals surface area contributed by atoms with E-state index in [2.05, 4.69) is 41.1 Å². The van der Waals surface area contributed by atoms with Gasteiger partial charge in [-0.05, 0) is 60.2 Å². The Morgan fingerprint density at radius 2 is 2.00 bits per heavy atom. The van der Waals surface area contributed by atoms with Crippen LogP contribution in [-0.2, 0) is 35.6 Å². The predicted octanol–water partition coefficient (Wildman–Crippen LogP) is 1.94. The van der Waals surface area contributed by atoms with Gasteiger partial charge in [0.1, 0.15) is 6.04 Å². The number of hydrogen-bond acceptors (Lipinski definition) is 5. The second-order valence-corrected chi connectivity index (χ2v) is 8.90. The Bertz CT molecular complexity index is 1100. The molecule has 166 valence electrons.